The van der Waals surface area contributed by atoms with E-state index in [4.69, 9.17) is 0 Å². The Kier molecular flexibility index (Phi) is 5.68. The van der Waals surface area contributed by atoms with Gasteiger partial charge in [0.1, 0.15) is 11.9 Å². The van der Waals surface area contributed by atoms with E-state index >= 15 is 0 Å². The Labute approximate surface area is 206 Å². The van der Waals surface area contributed by atoms with E-state index in [0.29, 0.717) is 16.6 Å². The van der Waals surface area contributed by atoms with Crippen LogP contribution < -0.4 is 0 Å². The monoisotopic (exact) mass is 482 g/mol. The molecule has 0 radical (unpaired) electrons. The average Bonchev–Trinajstić information content (AvgIpc) is 3.38. The summed E-state index contributed by atoms with van der Waals surface area (Å²) in [4.78, 5) is 57.1. The standard InChI is InChI=1S/C27H22N4O5/c1-16(2)15-23(30-25(32)19-7-3-4-8-20(19)26(30)33)27(34)29-22-10-6-5-9-21(22)28-24(29)17-11-13-18(14-12-17)31(35)36/h3-14,16,23H,15H2,1-2H3. The quantitative estimate of drug-likeness (QED) is 0.218. The molecule has 5 rings (SSSR count). The second kappa shape index (κ2) is 8.84. The van der Waals surface area contributed by atoms with Crippen molar-refractivity contribution in [2.75, 3.05) is 0 Å². The van der Waals surface area contributed by atoms with Crippen LogP contribution in [0.2, 0.25) is 0 Å². The molecule has 36 heavy (non-hydrogen) atoms. The first-order valence-electron chi connectivity index (χ1n) is 11.5. The van der Waals surface area contributed by atoms with Gasteiger partial charge >= 0.3 is 0 Å². The Morgan fingerprint density at radius 3 is 2.08 bits per heavy atom. The van der Waals surface area contributed by atoms with Crippen molar-refractivity contribution in [3.05, 3.63) is 94.0 Å². The molecule has 0 fully saturated rings. The molecule has 0 saturated carbocycles. The van der Waals surface area contributed by atoms with Gasteiger partial charge in [0.2, 0.25) is 0 Å². The van der Waals surface area contributed by atoms with Gasteiger partial charge in [0.15, 0.2) is 0 Å². The largest absolute Gasteiger partial charge is 0.272 e. The molecule has 180 valence electrons. The lowest BCUT2D eigenvalue weighted by atomic mass is 10.0. The Bertz CT molecular complexity index is 1500. The van der Waals surface area contributed by atoms with E-state index in [1.54, 1.807) is 48.5 Å². The van der Waals surface area contributed by atoms with E-state index < -0.39 is 28.7 Å². The predicted octanol–water partition coefficient (Wildman–Crippen LogP) is 4.96. The van der Waals surface area contributed by atoms with Crippen LogP contribution in [0.5, 0.6) is 0 Å². The van der Waals surface area contributed by atoms with E-state index in [1.165, 1.54) is 28.8 Å². The van der Waals surface area contributed by atoms with Gasteiger partial charge in [0.25, 0.3) is 23.4 Å². The maximum absolute atomic E-state index is 14.2. The zero-order valence-electron chi connectivity index (χ0n) is 19.6. The Balaban J connectivity index is 1.65. The molecule has 2 amide bonds. The highest BCUT2D eigenvalue weighted by molar-refractivity contribution is 6.23. The molecule has 1 aromatic heterocycles. The van der Waals surface area contributed by atoms with Gasteiger partial charge in [-0.15, -0.1) is 0 Å². The second-order valence-corrected chi connectivity index (χ2v) is 9.07. The maximum atomic E-state index is 14.2. The summed E-state index contributed by atoms with van der Waals surface area (Å²) in [5.41, 5.74) is 2.02. The number of para-hydroxylation sites is 2. The SMILES string of the molecule is CC(C)CC(C(=O)n1c(-c2ccc([N+](=O)[O-])cc2)nc2ccccc21)N1C(=O)c2ccccc2C1=O. The summed E-state index contributed by atoms with van der Waals surface area (Å²) >= 11 is 0. The number of aromatic nitrogens is 2. The number of carbonyl (C=O) groups is 3. The number of carbonyl (C=O) groups excluding carboxylic acids is 3. The number of nitrogens with zero attached hydrogens (tertiary/aromatic N) is 4. The number of nitro benzene ring substituents is 1. The Morgan fingerprint density at radius 2 is 1.50 bits per heavy atom. The molecule has 0 aliphatic carbocycles. The summed E-state index contributed by atoms with van der Waals surface area (Å²) in [6, 6.07) is 18.3. The minimum atomic E-state index is -1.06. The number of imidazole rings is 1. The highest BCUT2D eigenvalue weighted by Gasteiger charge is 2.43. The molecule has 9 nitrogen and oxygen atoms in total. The molecule has 0 bridgehead atoms. The van der Waals surface area contributed by atoms with Crippen molar-refractivity contribution in [3.63, 3.8) is 0 Å². The molecule has 0 saturated heterocycles. The van der Waals surface area contributed by atoms with Crippen molar-refractivity contribution >= 4 is 34.4 Å². The van der Waals surface area contributed by atoms with Gasteiger partial charge in [-0.05, 0) is 48.7 Å². The van der Waals surface area contributed by atoms with Crippen LogP contribution in [0.15, 0.2) is 72.8 Å². The second-order valence-electron chi connectivity index (χ2n) is 9.07. The zero-order valence-corrected chi connectivity index (χ0v) is 19.6. The van der Waals surface area contributed by atoms with E-state index in [9.17, 15) is 24.5 Å². The smallest absolute Gasteiger partial charge is 0.269 e. The molecule has 2 heterocycles. The van der Waals surface area contributed by atoms with Crippen LogP contribution in [0.1, 0.15) is 45.8 Å². The normalized spacial score (nSPS) is 13.9. The van der Waals surface area contributed by atoms with Crippen molar-refractivity contribution in [1.29, 1.82) is 0 Å². The minimum Gasteiger partial charge on any atom is -0.272 e. The first-order valence-corrected chi connectivity index (χ1v) is 11.5. The number of rotatable bonds is 6. The topological polar surface area (TPSA) is 115 Å². The first kappa shape index (κ1) is 23.1. The van der Waals surface area contributed by atoms with Crippen LogP contribution in [-0.4, -0.2) is 43.1 Å². The highest BCUT2D eigenvalue weighted by atomic mass is 16.6. The third-order valence-electron chi connectivity index (χ3n) is 6.23. The van der Waals surface area contributed by atoms with Crippen molar-refractivity contribution in [3.8, 4) is 11.4 Å². The molecular formula is C27H22N4O5. The number of non-ortho nitro benzene ring substituents is 1. The predicted molar refractivity (Wildman–Crippen MR) is 133 cm³/mol. The third-order valence-corrected chi connectivity index (χ3v) is 6.23. The molecule has 4 aromatic rings. The number of imide groups is 1. The van der Waals surface area contributed by atoms with Crippen LogP contribution in [0.4, 0.5) is 5.69 Å². The van der Waals surface area contributed by atoms with Gasteiger partial charge in [-0.2, -0.15) is 0 Å². The Hall–Kier alpha value is -4.66. The molecule has 0 spiro atoms. The molecular weight excluding hydrogens is 460 g/mol. The van der Waals surface area contributed by atoms with Crippen LogP contribution in [0.3, 0.4) is 0 Å². The van der Waals surface area contributed by atoms with Gasteiger partial charge in [-0.3, -0.25) is 34.0 Å². The van der Waals surface area contributed by atoms with Gasteiger partial charge in [0.05, 0.1) is 27.1 Å². The van der Waals surface area contributed by atoms with Gasteiger partial charge in [0, 0.05) is 17.7 Å². The van der Waals surface area contributed by atoms with Crippen LogP contribution >= 0.6 is 0 Å². The average molecular weight is 482 g/mol. The number of hydrogen-bond donors (Lipinski definition) is 0. The summed E-state index contributed by atoms with van der Waals surface area (Å²) < 4.78 is 1.41. The van der Waals surface area contributed by atoms with Crippen molar-refractivity contribution in [2.45, 2.75) is 26.3 Å². The summed E-state index contributed by atoms with van der Waals surface area (Å²) in [5, 5.41) is 11.1. The fraction of sp³-hybridized carbons (Fsp3) is 0.185. The lowest BCUT2D eigenvalue weighted by molar-refractivity contribution is -0.384. The van der Waals surface area contributed by atoms with Crippen molar-refractivity contribution in [2.24, 2.45) is 5.92 Å². The summed E-state index contributed by atoms with van der Waals surface area (Å²) in [5.74, 6) is -1.20. The van der Waals surface area contributed by atoms with Gasteiger partial charge in [-0.1, -0.05) is 38.1 Å². The van der Waals surface area contributed by atoms with Crippen LogP contribution in [0.25, 0.3) is 22.4 Å². The molecule has 0 N–H and O–H groups in total. The molecule has 3 aromatic carbocycles. The fourth-order valence-electron chi connectivity index (χ4n) is 4.58. The molecule has 9 heteroatoms. The molecule has 1 aliphatic heterocycles. The lowest BCUT2D eigenvalue weighted by Gasteiger charge is -2.27. The van der Waals surface area contributed by atoms with E-state index in [1.807, 2.05) is 13.8 Å². The minimum absolute atomic E-state index is 0.000808. The van der Waals surface area contributed by atoms with Crippen molar-refractivity contribution < 1.29 is 19.3 Å². The Morgan fingerprint density at radius 1 is 0.917 bits per heavy atom. The van der Waals surface area contributed by atoms with E-state index in [0.717, 1.165) is 4.90 Å². The van der Waals surface area contributed by atoms with Gasteiger partial charge < -0.3 is 0 Å². The zero-order chi connectivity index (χ0) is 25.6. The summed E-state index contributed by atoms with van der Waals surface area (Å²) in [6.45, 7) is 3.84. The van der Waals surface area contributed by atoms with Crippen LogP contribution in [-0.2, 0) is 0 Å². The van der Waals surface area contributed by atoms with Gasteiger partial charge in [-0.25, -0.2) is 4.98 Å². The van der Waals surface area contributed by atoms with Crippen molar-refractivity contribution in [1.82, 2.24) is 14.5 Å². The molecule has 1 atom stereocenters. The number of hydrogen-bond acceptors (Lipinski definition) is 6. The van der Waals surface area contributed by atoms with Crippen LogP contribution in [0, 0.1) is 16.0 Å². The lowest BCUT2D eigenvalue weighted by Crippen LogP contribution is -2.47. The number of fused-ring (bicyclic) bond motifs is 2. The third kappa shape index (κ3) is 3.74. The van der Waals surface area contributed by atoms with E-state index in [2.05, 4.69) is 4.98 Å². The summed E-state index contributed by atoms with van der Waals surface area (Å²) in [7, 11) is 0. The fourth-order valence-corrected chi connectivity index (χ4v) is 4.58. The molecule has 1 unspecified atom stereocenters. The molecule has 1 aliphatic rings. The number of nitro groups is 1. The first-order chi connectivity index (χ1) is 17.3. The highest BCUT2D eigenvalue weighted by Crippen LogP contribution is 2.31. The number of amides is 2. The number of benzene rings is 3. The van der Waals surface area contributed by atoms with E-state index in [-0.39, 0.29) is 35.0 Å². The summed E-state index contributed by atoms with van der Waals surface area (Å²) in [6.07, 6.45) is 0.260. The maximum Gasteiger partial charge on any atom is 0.269 e.